The summed E-state index contributed by atoms with van der Waals surface area (Å²) in [6.07, 6.45) is 1.69. The van der Waals surface area contributed by atoms with E-state index in [2.05, 4.69) is 0 Å². The minimum Gasteiger partial charge on any atom is -0.497 e. The average molecular weight is 365 g/mol. The van der Waals surface area contributed by atoms with Gasteiger partial charge in [0.1, 0.15) is 24.6 Å². The number of imide groups is 1. The van der Waals surface area contributed by atoms with Gasteiger partial charge in [0, 0.05) is 11.6 Å². The maximum absolute atomic E-state index is 12.6. The Morgan fingerprint density at radius 2 is 2.00 bits per heavy atom. The number of benzene rings is 1. The molecule has 1 N–H and O–H groups in total. The van der Waals surface area contributed by atoms with Gasteiger partial charge in [-0.3, -0.25) is 9.59 Å². The monoisotopic (exact) mass is 365 g/mol. The highest BCUT2D eigenvalue weighted by Crippen LogP contribution is 2.34. The van der Waals surface area contributed by atoms with Gasteiger partial charge in [-0.05, 0) is 30.0 Å². The molecule has 0 saturated carbocycles. The van der Waals surface area contributed by atoms with Crippen LogP contribution in [-0.2, 0) is 9.53 Å². The molecule has 0 aromatic heterocycles. The molecule has 0 atom stereocenters. The molecule has 2 aliphatic rings. The van der Waals surface area contributed by atoms with Crippen molar-refractivity contribution in [1.29, 1.82) is 0 Å². The smallest absolute Gasteiger partial charge is 0.298 e. The summed E-state index contributed by atoms with van der Waals surface area (Å²) >= 11 is 0.962. The standard InChI is InChI=1S/C17H20N2O5S/c1-22-13-4-3-12(14(10-13)23-2)9-15-16(20)19(17(21)25-15)11-18-5-7-24-8-6-18/h3-4,9-10H,5-8,11H2,1-2H3/p+1/b15-9+. The van der Waals surface area contributed by atoms with Gasteiger partial charge in [0.05, 0.1) is 32.3 Å². The number of rotatable bonds is 5. The zero-order valence-corrected chi connectivity index (χ0v) is 15.1. The number of carbonyl (C=O) groups excluding carboxylic acids is 2. The molecule has 2 saturated heterocycles. The maximum atomic E-state index is 12.6. The van der Waals surface area contributed by atoms with Gasteiger partial charge in [-0.2, -0.15) is 0 Å². The van der Waals surface area contributed by atoms with Crippen LogP contribution in [0.25, 0.3) is 6.08 Å². The van der Waals surface area contributed by atoms with Crippen molar-refractivity contribution >= 4 is 29.0 Å². The number of quaternary nitrogens is 1. The van der Waals surface area contributed by atoms with Gasteiger partial charge < -0.3 is 19.1 Å². The van der Waals surface area contributed by atoms with E-state index in [0.29, 0.717) is 36.3 Å². The summed E-state index contributed by atoms with van der Waals surface area (Å²) in [6.45, 7) is 3.29. The number of carbonyl (C=O) groups is 2. The number of methoxy groups -OCH3 is 2. The molecule has 0 bridgehead atoms. The number of thioether (sulfide) groups is 1. The van der Waals surface area contributed by atoms with E-state index in [1.54, 1.807) is 38.5 Å². The third-order valence-corrected chi connectivity index (χ3v) is 5.09. The Morgan fingerprint density at radius 3 is 2.68 bits per heavy atom. The molecule has 2 fully saturated rings. The minimum atomic E-state index is -0.258. The third-order valence-electron chi connectivity index (χ3n) is 4.18. The Balaban J connectivity index is 1.78. The zero-order valence-electron chi connectivity index (χ0n) is 14.2. The molecule has 0 spiro atoms. The van der Waals surface area contributed by atoms with Crippen molar-refractivity contribution in [2.45, 2.75) is 0 Å². The number of hydrogen-bond acceptors (Lipinski definition) is 6. The summed E-state index contributed by atoms with van der Waals surface area (Å²) in [5, 5.41) is -0.234. The minimum absolute atomic E-state index is 0.234. The average Bonchev–Trinajstić information content (AvgIpc) is 2.90. The molecule has 2 aliphatic heterocycles. The summed E-state index contributed by atoms with van der Waals surface area (Å²) in [6, 6.07) is 5.34. The molecule has 0 aliphatic carbocycles. The van der Waals surface area contributed by atoms with Gasteiger partial charge >= 0.3 is 0 Å². The SMILES string of the molecule is COc1ccc(/C=C2/SC(=O)N(C[NH+]3CCOCC3)C2=O)c(OC)c1. The Bertz CT molecular complexity index is 700. The second-order valence-corrected chi connectivity index (χ2v) is 6.73. The first-order valence-corrected chi connectivity index (χ1v) is 8.82. The van der Waals surface area contributed by atoms with E-state index < -0.39 is 0 Å². The van der Waals surface area contributed by atoms with E-state index in [1.807, 2.05) is 0 Å². The molecular weight excluding hydrogens is 344 g/mol. The molecule has 0 unspecified atom stereocenters. The van der Waals surface area contributed by atoms with Crippen LogP contribution in [0.4, 0.5) is 4.79 Å². The fraction of sp³-hybridized carbons (Fsp3) is 0.412. The van der Waals surface area contributed by atoms with Crippen LogP contribution in [0.15, 0.2) is 23.1 Å². The summed E-state index contributed by atoms with van der Waals surface area (Å²) in [4.78, 5) is 27.8. The molecule has 1 aromatic rings. The normalized spacial score (nSPS) is 20.4. The lowest BCUT2D eigenvalue weighted by atomic mass is 10.1. The summed E-state index contributed by atoms with van der Waals surface area (Å²) in [7, 11) is 3.13. The van der Waals surface area contributed by atoms with Crippen molar-refractivity contribution in [3.8, 4) is 11.5 Å². The fourth-order valence-corrected chi connectivity index (χ4v) is 3.59. The quantitative estimate of drug-likeness (QED) is 0.772. The summed E-state index contributed by atoms with van der Waals surface area (Å²) < 4.78 is 15.8. The Kier molecular flexibility index (Phi) is 5.62. The predicted octanol–water partition coefficient (Wildman–Crippen LogP) is 0.613. The van der Waals surface area contributed by atoms with Crippen molar-refractivity contribution in [2.75, 3.05) is 47.2 Å². The van der Waals surface area contributed by atoms with Crippen LogP contribution in [0.1, 0.15) is 5.56 Å². The topological polar surface area (TPSA) is 69.5 Å². The Morgan fingerprint density at radius 1 is 1.24 bits per heavy atom. The molecule has 25 heavy (non-hydrogen) atoms. The van der Waals surface area contributed by atoms with Crippen LogP contribution in [-0.4, -0.2) is 63.2 Å². The molecule has 2 amide bonds. The van der Waals surface area contributed by atoms with E-state index in [-0.39, 0.29) is 11.1 Å². The third kappa shape index (κ3) is 3.97. The first-order chi connectivity index (χ1) is 12.1. The van der Waals surface area contributed by atoms with Crippen LogP contribution in [0.2, 0.25) is 0 Å². The van der Waals surface area contributed by atoms with Crippen molar-refractivity contribution in [1.82, 2.24) is 4.90 Å². The highest BCUT2D eigenvalue weighted by atomic mass is 32.2. The van der Waals surface area contributed by atoms with Crippen molar-refractivity contribution < 1.29 is 28.7 Å². The number of hydrogen-bond donors (Lipinski definition) is 1. The van der Waals surface area contributed by atoms with Crippen molar-refractivity contribution in [3.05, 3.63) is 28.7 Å². The molecule has 1 aromatic carbocycles. The highest BCUT2D eigenvalue weighted by Gasteiger charge is 2.37. The molecule has 7 nitrogen and oxygen atoms in total. The van der Waals surface area contributed by atoms with E-state index in [0.717, 1.165) is 30.4 Å². The number of morpholine rings is 1. The van der Waals surface area contributed by atoms with Gasteiger partial charge in [0.25, 0.3) is 11.1 Å². The lowest BCUT2D eigenvalue weighted by Crippen LogP contribution is -3.15. The van der Waals surface area contributed by atoms with E-state index in [1.165, 1.54) is 9.80 Å². The molecule has 2 heterocycles. The van der Waals surface area contributed by atoms with E-state index >= 15 is 0 Å². The molecule has 3 rings (SSSR count). The molecule has 8 heteroatoms. The lowest BCUT2D eigenvalue weighted by molar-refractivity contribution is -0.915. The van der Waals surface area contributed by atoms with Crippen molar-refractivity contribution in [2.24, 2.45) is 0 Å². The lowest BCUT2D eigenvalue weighted by Gasteiger charge is -2.26. The maximum Gasteiger partial charge on any atom is 0.298 e. The first-order valence-electron chi connectivity index (χ1n) is 8.01. The second kappa shape index (κ2) is 7.90. The van der Waals surface area contributed by atoms with E-state index in [4.69, 9.17) is 14.2 Å². The van der Waals surface area contributed by atoms with Crippen LogP contribution in [0, 0.1) is 0 Å². The van der Waals surface area contributed by atoms with Crippen LogP contribution < -0.4 is 14.4 Å². The summed E-state index contributed by atoms with van der Waals surface area (Å²) in [5.41, 5.74) is 0.729. The largest absolute Gasteiger partial charge is 0.497 e. The first kappa shape index (κ1) is 17.8. The molecule has 134 valence electrons. The molecular formula is C17H21N2O5S+. The van der Waals surface area contributed by atoms with Crippen LogP contribution in [0.5, 0.6) is 11.5 Å². The van der Waals surface area contributed by atoms with Crippen LogP contribution >= 0.6 is 11.8 Å². The number of nitrogens with one attached hydrogen (secondary N) is 1. The van der Waals surface area contributed by atoms with Gasteiger partial charge in [-0.15, -0.1) is 0 Å². The highest BCUT2D eigenvalue weighted by molar-refractivity contribution is 8.18. The van der Waals surface area contributed by atoms with Gasteiger partial charge in [0.15, 0.2) is 6.67 Å². The number of ether oxygens (including phenoxy) is 3. The fourth-order valence-electron chi connectivity index (χ4n) is 2.76. The zero-order chi connectivity index (χ0) is 17.8. The van der Waals surface area contributed by atoms with Crippen molar-refractivity contribution in [3.63, 3.8) is 0 Å². The Hall–Kier alpha value is -2.03. The second-order valence-electron chi connectivity index (χ2n) is 5.74. The summed E-state index contributed by atoms with van der Waals surface area (Å²) in [5.74, 6) is 0.995. The van der Waals surface area contributed by atoms with Gasteiger partial charge in [-0.25, -0.2) is 4.90 Å². The van der Waals surface area contributed by atoms with Crippen LogP contribution in [0.3, 0.4) is 0 Å². The van der Waals surface area contributed by atoms with Gasteiger partial charge in [-0.1, -0.05) is 0 Å². The van der Waals surface area contributed by atoms with E-state index in [9.17, 15) is 9.59 Å². The number of amides is 2. The van der Waals surface area contributed by atoms with Gasteiger partial charge in [0.2, 0.25) is 0 Å². The number of nitrogens with zero attached hydrogens (tertiary/aromatic N) is 1. The predicted molar refractivity (Wildman–Crippen MR) is 93.7 cm³/mol. The Labute approximate surface area is 150 Å². The molecule has 0 radical (unpaired) electrons.